The van der Waals surface area contributed by atoms with Gasteiger partial charge in [-0.25, -0.2) is 4.68 Å². The number of rotatable bonds is 5. The molecule has 2 heterocycles. The summed E-state index contributed by atoms with van der Waals surface area (Å²) in [6.45, 7) is 2.66. The number of carbonyl (C=O) groups is 1. The van der Waals surface area contributed by atoms with Gasteiger partial charge in [0.05, 0.1) is 5.69 Å². The maximum absolute atomic E-state index is 11.8. The number of hydrogen-bond donors (Lipinski definition) is 1. The van der Waals surface area contributed by atoms with Crippen molar-refractivity contribution in [2.45, 2.75) is 13.3 Å². The maximum Gasteiger partial charge on any atom is 0.287 e. The fourth-order valence-electron chi connectivity index (χ4n) is 2.14. The third-order valence-electron chi connectivity index (χ3n) is 3.29. The van der Waals surface area contributed by atoms with Crippen molar-refractivity contribution >= 4 is 5.91 Å². The van der Waals surface area contributed by atoms with Crippen molar-refractivity contribution in [1.82, 2.24) is 15.1 Å². The van der Waals surface area contributed by atoms with Gasteiger partial charge in [0.15, 0.2) is 5.76 Å². The molecule has 0 spiro atoms. The summed E-state index contributed by atoms with van der Waals surface area (Å²) in [4.78, 5) is 11.8. The van der Waals surface area contributed by atoms with Crippen molar-refractivity contribution in [2.24, 2.45) is 0 Å². The Bertz CT molecular complexity index is 743. The molecule has 0 atom stereocenters. The van der Waals surface area contributed by atoms with Gasteiger partial charge >= 0.3 is 0 Å². The van der Waals surface area contributed by atoms with E-state index in [-0.39, 0.29) is 5.91 Å². The van der Waals surface area contributed by atoms with Gasteiger partial charge < -0.3 is 9.73 Å². The largest absolute Gasteiger partial charge is 0.451 e. The minimum atomic E-state index is -0.179. The van der Waals surface area contributed by atoms with Crippen molar-refractivity contribution in [2.75, 3.05) is 6.54 Å². The van der Waals surface area contributed by atoms with Crippen LogP contribution in [0.3, 0.4) is 0 Å². The van der Waals surface area contributed by atoms with Gasteiger partial charge in [-0.2, -0.15) is 5.10 Å². The van der Waals surface area contributed by atoms with Gasteiger partial charge in [-0.15, -0.1) is 0 Å². The molecule has 3 rings (SSSR count). The molecule has 22 heavy (non-hydrogen) atoms. The van der Waals surface area contributed by atoms with Crippen LogP contribution in [0.2, 0.25) is 0 Å². The summed E-state index contributed by atoms with van der Waals surface area (Å²) in [5, 5.41) is 6.98. The first-order valence-corrected chi connectivity index (χ1v) is 7.26. The molecule has 0 fully saturated rings. The minimum absolute atomic E-state index is 0.179. The number of nitrogens with one attached hydrogen (secondary N) is 1. The number of furan rings is 1. The SMILES string of the molecule is CCCNC(=O)c1ccc(-c2ccc(-n3cccn3)cc2)o1. The predicted molar refractivity (Wildman–Crippen MR) is 83.9 cm³/mol. The molecule has 0 aliphatic carbocycles. The Kier molecular flexibility index (Phi) is 4.05. The molecule has 1 N–H and O–H groups in total. The summed E-state index contributed by atoms with van der Waals surface area (Å²) in [6, 6.07) is 13.2. The van der Waals surface area contributed by atoms with E-state index in [0.29, 0.717) is 18.1 Å². The Morgan fingerprint density at radius 1 is 1.23 bits per heavy atom. The quantitative estimate of drug-likeness (QED) is 0.786. The van der Waals surface area contributed by atoms with Crippen molar-refractivity contribution in [3.8, 4) is 17.0 Å². The topological polar surface area (TPSA) is 60.1 Å². The van der Waals surface area contributed by atoms with Gasteiger partial charge in [0.1, 0.15) is 5.76 Å². The average molecular weight is 295 g/mol. The Morgan fingerprint density at radius 2 is 2.05 bits per heavy atom. The van der Waals surface area contributed by atoms with Crippen molar-refractivity contribution in [3.05, 3.63) is 60.6 Å². The smallest absolute Gasteiger partial charge is 0.287 e. The van der Waals surface area contributed by atoms with Crippen LogP contribution in [0.25, 0.3) is 17.0 Å². The zero-order chi connectivity index (χ0) is 15.4. The van der Waals surface area contributed by atoms with Crippen LogP contribution in [0.4, 0.5) is 0 Å². The van der Waals surface area contributed by atoms with Crippen LogP contribution in [-0.4, -0.2) is 22.2 Å². The van der Waals surface area contributed by atoms with Gasteiger partial charge in [-0.05, 0) is 48.9 Å². The first-order valence-electron chi connectivity index (χ1n) is 7.26. The Labute approximate surface area is 128 Å². The van der Waals surface area contributed by atoms with Crippen molar-refractivity contribution in [3.63, 3.8) is 0 Å². The number of carbonyl (C=O) groups excluding carboxylic acids is 1. The number of benzene rings is 1. The zero-order valence-corrected chi connectivity index (χ0v) is 12.3. The Hall–Kier alpha value is -2.82. The third-order valence-corrected chi connectivity index (χ3v) is 3.29. The monoisotopic (exact) mass is 295 g/mol. The summed E-state index contributed by atoms with van der Waals surface area (Å²) in [5.41, 5.74) is 1.90. The van der Waals surface area contributed by atoms with E-state index in [0.717, 1.165) is 17.7 Å². The second kappa shape index (κ2) is 6.30. The lowest BCUT2D eigenvalue weighted by Gasteiger charge is -2.03. The van der Waals surface area contributed by atoms with Crippen LogP contribution in [-0.2, 0) is 0 Å². The van der Waals surface area contributed by atoms with Crippen LogP contribution in [0.1, 0.15) is 23.9 Å². The van der Waals surface area contributed by atoms with Crippen LogP contribution >= 0.6 is 0 Å². The highest BCUT2D eigenvalue weighted by Gasteiger charge is 2.11. The molecular formula is C17H17N3O2. The van der Waals surface area contributed by atoms with Crippen LogP contribution in [0, 0.1) is 0 Å². The lowest BCUT2D eigenvalue weighted by Crippen LogP contribution is -2.23. The Morgan fingerprint density at radius 3 is 2.73 bits per heavy atom. The molecule has 0 unspecified atom stereocenters. The number of hydrogen-bond acceptors (Lipinski definition) is 3. The summed E-state index contributed by atoms with van der Waals surface area (Å²) >= 11 is 0. The molecule has 0 aliphatic rings. The summed E-state index contributed by atoms with van der Waals surface area (Å²) in [7, 11) is 0. The predicted octanol–water partition coefficient (Wildman–Crippen LogP) is 3.27. The van der Waals surface area contributed by atoms with Gasteiger partial charge in [0.2, 0.25) is 0 Å². The number of nitrogens with zero attached hydrogens (tertiary/aromatic N) is 2. The fourth-order valence-corrected chi connectivity index (χ4v) is 2.14. The zero-order valence-electron chi connectivity index (χ0n) is 12.3. The van der Waals surface area contributed by atoms with Crippen LogP contribution < -0.4 is 5.32 Å². The lowest BCUT2D eigenvalue weighted by atomic mass is 10.1. The molecule has 0 bridgehead atoms. The van der Waals surface area contributed by atoms with Crippen molar-refractivity contribution < 1.29 is 9.21 Å². The van der Waals surface area contributed by atoms with Crippen molar-refractivity contribution in [1.29, 1.82) is 0 Å². The molecule has 3 aromatic rings. The summed E-state index contributed by atoms with van der Waals surface area (Å²) < 4.78 is 7.41. The standard InChI is InChI=1S/C17H17N3O2/c1-2-10-18-17(21)16-9-8-15(22-16)13-4-6-14(7-5-13)20-12-3-11-19-20/h3-9,11-12H,2,10H2,1H3,(H,18,21). The number of aromatic nitrogens is 2. The molecule has 5 nitrogen and oxygen atoms in total. The number of amides is 1. The fraction of sp³-hybridized carbons (Fsp3) is 0.176. The van der Waals surface area contributed by atoms with E-state index in [1.54, 1.807) is 16.9 Å². The highest BCUT2D eigenvalue weighted by molar-refractivity contribution is 5.92. The molecule has 5 heteroatoms. The highest BCUT2D eigenvalue weighted by Crippen LogP contribution is 2.23. The molecule has 1 aromatic carbocycles. The maximum atomic E-state index is 11.8. The molecule has 0 saturated carbocycles. The molecule has 0 saturated heterocycles. The highest BCUT2D eigenvalue weighted by atomic mass is 16.3. The second-order valence-corrected chi connectivity index (χ2v) is 4.92. The molecule has 2 aromatic heterocycles. The van der Waals surface area contributed by atoms with E-state index in [4.69, 9.17) is 4.42 Å². The van der Waals surface area contributed by atoms with E-state index in [1.807, 2.05) is 49.5 Å². The van der Waals surface area contributed by atoms with Gasteiger partial charge in [-0.3, -0.25) is 4.79 Å². The first-order chi connectivity index (χ1) is 10.8. The Balaban J connectivity index is 1.77. The van der Waals surface area contributed by atoms with Crippen LogP contribution in [0.15, 0.2) is 59.3 Å². The van der Waals surface area contributed by atoms with Gasteiger partial charge in [0.25, 0.3) is 5.91 Å². The molecule has 1 amide bonds. The molecule has 0 radical (unpaired) electrons. The summed E-state index contributed by atoms with van der Waals surface area (Å²) in [5.74, 6) is 0.828. The average Bonchev–Trinajstić information content (AvgIpc) is 3.24. The molecule has 0 aliphatic heterocycles. The van der Waals surface area contributed by atoms with E-state index in [1.165, 1.54) is 0 Å². The molecular weight excluding hydrogens is 278 g/mol. The van der Waals surface area contributed by atoms with E-state index in [9.17, 15) is 4.79 Å². The normalized spacial score (nSPS) is 10.6. The third kappa shape index (κ3) is 2.93. The minimum Gasteiger partial charge on any atom is -0.451 e. The van der Waals surface area contributed by atoms with Crippen LogP contribution in [0.5, 0.6) is 0 Å². The second-order valence-electron chi connectivity index (χ2n) is 4.92. The first kappa shape index (κ1) is 14.1. The summed E-state index contributed by atoms with van der Waals surface area (Å²) in [6.07, 6.45) is 4.52. The van der Waals surface area contributed by atoms with Gasteiger partial charge in [0, 0.05) is 24.5 Å². The lowest BCUT2D eigenvalue weighted by molar-refractivity contribution is 0.0927. The van der Waals surface area contributed by atoms with E-state index >= 15 is 0 Å². The van der Waals surface area contributed by atoms with E-state index in [2.05, 4.69) is 10.4 Å². The van der Waals surface area contributed by atoms with Gasteiger partial charge in [-0.1, -0.05) is 6.92 Å². The van der Waals surface area contributed by atoms with E-state index < -0.39 is 0 Å². The molecule has 112 valence electrons.